The Morgan fingerprint density at radius 3 is 2.55 bits per heavy atom. The van der Waals surface area contributed by atoms with Crippen molar-refractivity contribution in [1.82, 2.24) is 0 Å². The number of aromatic hydroxyl groups is 1. The molecule has 0 bridgehead atoms. The van der Waals surface area contributed by atoms with Crippen LogP contribution in [0.5, 0.6) is 5.75 Å². The minimum absolute atomic E-state index is 0.208. The fraction of sp³-hybridized carbons (Fsp3) is 0.333. The first kappa shape index (κ1) is 8.08. The Morgan fingerprint density at radius 2 is 2.18 bits per heavy atom. The first-order valence-electron chi connectivity index (χ1n) is 3.50. The first-order chi connectivity index (χ1) is 5.02. The topological polar surface area (TPSA) is 46.2 Å². The van der Waals surface area contributed by atoms with Crippen LogP contribution in [-0.4, -0.2) is 5.11 Å². The Labute approximate surface area is 66.7 Å². The van der Waals surface area contributed by atoms with E-state index in [0.717, 1.165) is 5.56 Å². The van der Waals surface area contributed by atoms with Gasteiger partial charge in [-0.15, -0.1) is 0 Å². The largest absolute Gasteiger partial charge is 0.508 e. The van der Waals surface area contributed by atoms with Crippen LogP contribution < -0.4 is 5.73 Å². The Kier molecular flexibility index (Phi) is 1.87. The lowest BCUT2D eigenvalue weighted by Crippen LogP contribution is -2.28. The zero-order valence-electron chi connectivity index (χ0n) is 6.76. The maximum atomic E-state index is 9.33. The van der Waals surface area contributed by atoms with Crippen LogP contribution in [0.3, 0.4) is 0 Å². The summed E-state index contributed by atoms with van der Waals surface area (Å²) in [6, 6.07) is 7.80. The second-order valence-electron chi connectivity index (χ2n) is 3.16. The summed E-state index contributed by atoms with van der Waals surface area (Å²) in [4.78, 5) is 0. The summed E-state index contributed by atoms with van der Waals surface area (Å²) >= 11 is 0. The number of hydrogen-bond donors (Lipinski definition) is 2. The maximum Gasteiger partial charge on any atom is 0.121 e. The van der Waals surface area contributed by atoms with Gasteiger partial charge in [0.05, 0.1) is 0 Å². The maximum absolute atomic E-state index is 9.33. The van der Waals surface area contributed by atoms with Gasteiger partial charge in [0.25, 0.3) is 0 Å². The average molecular weight is 150 g/mol. The molecule has 0 aliphatic heterocycles. The highest BCUT2D eigenvalue weighted by atomic mass is 16.3. The summed E-state index contributed by atoms with van der Waals surface area (Å²) < 4.78 is 0. The van der Waals surface area contributed by atoms with E-state index in [9.17, 15) is 5.11 Å². The van der Waals surface area contributed by atoms with E-state index in [1.54, 1.807) is 12.1 Å². The third kappa shape index (κ3) is 1.71. The standard InChI is InChI=1S/C9H12NO/c1-9(2,10)7-5-3-4-6-8(7)11/h3,5-6,11H,10H2,1-2H3. The quantitative estimate of drug-likeness (QED) is 0.635. The van der Waals surface area contributed by atoms with Crippen molar-refractivity contribution in [3.8, 4) is 5.75 Å². The van der Waals surface area contributed by atoms with Gasteiger partial charge in [0.1, 0.15) is 5.75 Å². The van der Waals surface area contributed by atoms with Crippen molar-refractivity contribution in [1.29, 1.82) is 0 Å². The van der Waals surface area contributed by atoms with Crippen LogP contribution in [0, 0.1) is 6.07 Å². The van der Waals surface area contributed by atoms with E-state index >= 15 is 0 Å². The molecule has 0 saturated carbocycles. The lowest BCUT2D eigenvalue weighted by atomic mass is 9.95. The molecule has 0 saturated heterocycles. The number of hydrogen-bond acceptors (Lipinski definition) is 2. The molecule has 1 radical (unpaired) electrons. The molecule has 1 rings (SSSR count). The highest BCUT2D eigenvalue weighted by Gasteiger charge is 2.16. The molecule has 0 atom stereocenters. The van der Waals surface area contributed by atoms with Crippen LogP contribution in [0.1, 0.15) is 19.4 Å². The van der Waals surface area contributed by atoms with Gasteiger partial charge in [-0.05, 0) is 26.0 Å². The van der Waals surface area contributed by atoms with Crippen molar-refractivity contribution >= 4 is 0 Å². The van der Waals surface area contributed by atoms with Gasteiger partial charge in [-0.2, -0.15) is 0 Å². The van der Waals surface area contributed by atoms with Crippen molar-refractivity contribution in [2.45, 2.75) is 19.4 Å². The molecule has 11 heavy (non-hydrogen) atoms. The number of benzene rings is 1. The number of phenols is 1. The van der Waals surface area contributed by atoms with Crippen LogP contribution in [0.4, 0.5) is 0 Å². The van der Waals surface area contributed by atoms with Gasteiger partial charge in [0, 0.05) is 11.1 Å². The predicted octanol–water partition coefficient (Wildman–Crippen LogP) is 1.39. The van der Waals surface area contributed by atoms with Gasteiger partial charge < -0.3 is 10.8 Å². The highest BCUT2D eigenvalue weighted by Crippen LogP contribution is 2.25. The molecule has 59 valence electrons. The lowest BCUT2D eigenvalue weighted by molar-refractivity contribution is 0.440. The molecular weight excluding hydrogens is 138 g/mol. The third-order valence-corrected chi connectivity index (χ3v) is 1.54. The average Bonchev–Trinajstić information content (AvgIpc) is 1.86. The summed E-state index contributed by atoms with van der Waals surface area (Å²) in [7, 11) is 0. The van der Waals surface area contributed by atoms with Gasteiger partial charge in [-0.25, -0.2) is 0 Å². The summed E-state index contributed by atoms with van der Waals surface area (Å²) in [5.74, 6) is 0.208. The Hall–Kier alpha value is -1.02. The lowest BCUT2D eigenvalue weighted by Gasteiger charge is -2.19. The van der Waals surface area contributed by atoms with Gasteiger partial charge in [-0.1, -0.05) is 12.1 Å². The van der Waals surface area contributed by atoms with E-state index in [4.69, 9.17) is 5.73 Å². The van der Waals surface area contributed by atoms with Crippen LogP contribution in [-0.2, 0) is 5.54 Å². The van der Waals surface area contributed by atoms with Gasteiger partial charge in [0.15, 0.2) is 0 Å². The minimum Gasteiger partial charge on any atom is -0.508 e. The van der Waals surface area contributed by atoms with Crippen molar-refractivity contribution in [2.75, 3.05) is 0 Å². The Morgan fingerprint density at radius 1 is 1.55 bits per heavy atom. The summed E-state index contributed by atoms with van der Waals surface area (Å²) in [6.07, 6.45) is 0. The highest BCUT2D eigenvalue weighted by molar-refractivity contribution is 5.36. The van der Waals surface area contributed by atoms with E-state index in [0.29, 0.717) is 0 Å². The van der Waals surface area contributed by atoms with E-state index in [1.807, 2.05) is 13.8 Å². The monoisotopic (exact) mass is 150 g/mol. The predicted molar refractivity (Wildman–Crippen MR) is 44.2 cm³/mol. The SMILES string of the molecule is CC(C)(N)c1cc[c]cc1O. The molecule has 3 N–H and O–H groups in total. The number of nitrogens with two attached hydrogens (primary N) is 1. The molecule has 1 aromatic rings. The third-order valence-electron chi connectivity index (χ3n) is 1.54. The summed E-state index contributed by atoms with van der Waals surface area (Å²) in [5, 5.41) is 9.33. The van der Waals surface area contributed by atoms with E-state index < -0.39 is 5.54 Å². The van der Waals surface area contributed by atoms with Crippen molar-refractivity contribution in [3.63, 3.8) is 0 Å². The molecule has 0 fully saturated rings. The molecule has 2 nitrogen and oxygen atoms in total. The van der Waals surface area contributed by atoms with E-state index in [-0.39, 0.29) is 5.75 Å². The molecule has 0 aliphatic rings. The van der Waals surface area contributed by atoms with Crippen LogP contribution >= 0.6 is 0 Å². The molecule has 0 unspecified atom stereocenters. The number of phenolic OH excluding ortho intramolecular Hbond substituents is 1. The van der Waals surface area contributed by atoms with Crippen molar-refractivity contribution in [2.24, 2.45) is 5.73 Å². The van der Waals surface area contributed by atoms with Gasteiger partial charge in [0.2, 0.25) is 0 Å². The van der Waals surface area contributed by atoms with Gasteiger partial charge in [-0.3, -0.25) is 0 Å². The van der Waals surface area contributed by atoms with Crippen molar-refractivity contribution in [3.05, 3.63) is 29.8 Å². The van der Waals surface area contributed by atoms with E-state index in [1.165, 1.54) is 6.07 Å². The van der Waals surface area contributed by atoms with Crippen LogP contribution in [0.15, 0.2) is 18.2 Å². The zero-order chi connectivity index (χ0) is 8.48. The fourth-order valence-corrected chi connectivity index (χ4v) is 0.966. The molecule has 0 aliphatic carbocycles. The van der Waals surface area contributed by atoms with Crippen LogP contribution in [0.25, 0.3) is 0 Å². The second-order valence-corrected chi connectivity index (χ2v) is 3.16. The Balaban J connectivity index is 3.14. The Bertz CT molecular complexity index is 250. The smallest absolute Gasteiger partial charge is 0.121 e. The normalized spacial score (nSPS) is 11.5. The zero-order valence-corrected chi connectivity index (χ0v) is 6.76. The number of rotatable bonds is 1. The molecule has 0 heterocycles. The van der Waals surface area contributed by atoms with E-state index in [2.05, 4.69) is 6.07 Å². The van der Waals surface area contributed by atoms with Crippen LogP contribution in [0.2, 0.25) is 0 Å². The summed E-state index contributed by atoms with van der Waals surface area (Å²) in [5.41, 5.74) is 6.04. The molecule has 0 spiro atoms. The molecule has 0 aromatic heterocycles. The molecule has 0 amide bonds. The summed E-state index contributed by atoms with van der Waals surface area (Å²) in [6.45, 7) is 3.70. The van der Waals surface area contributed by atoms with Crippen molar-refractivity contribution < 1.29 is 5.11 Å². The minimum atomic E-state index is -0.487. The first-order valence-corrected chi connectivity index (χ1v) is 3.50. The fourth-order valence-electron chi connectivity index (χ4n) is 0.966. The molecule has 1 aromatic carbocycles. The molecular formula is C9H12NO. The second kappa shape index (κ2) is 2.55. The molecule has 2 heteroatoms. The van der Waals surface area contributed by atoms with Gasteiger partial charge >= 0.3 is 0 Å².